The molecule has 0 spiro atoms. The highest BCUT2D eigenvalue weighted by molar-refractivity contribution is 9.10. The van der Waals surface area contributed by atoms with Crippen molar-refractivity contribution in [2.45, 2.75) is 0 Å². The molecule has 0 aliphatic carbocycles. The molecule has 0 atom stereocenters. The van der Waals surface area contributed by atoms with Crippen LogP contribution in [0, 0.1) is 0 Å². The lowest BCUT2D eigenvalue weighted by molar-refractivity contribution is 0.327. The number of fused-ring (bicyclic) bond motifs is 3. The van der Waals surface area contributed by atoms with E-state index in [1.807, 2.05) is 24.4 Å². The Hall–Kier alpha value is -1.29. The molecule has 1 N–H and O–H groups in total. The normalized spacial score (nSPS) is 14.2. The first kappa shape index (κ1) is 8.97. The van der Waals surface area contributed by atoms with E-state index >= 15 is 0 Å². The first-order valence-electron chi connectivity index (χ1n) is 4.79. The first-order chi connectivity index (χ1) is 7.34. The van der Waals surface area contributed by atoms with Crippen molar-refractivity contribution in [3.8, 4) is 5.75 Å². The van der Waals surface area contributed by atoms with Gasteiger partial charge in [0.15, 0.2) is 5.75 Å². The van der Waals surface area contributed by atoms with Gasteiger partial charge in [-0.1, -0.05) is 15.9 Å². The number of ether oxygens (including phenoxy) is 1. The summed E-state index contributed by atoms with van der Waals surface area (Å²) in [5.41, 5.74) is 1.94. The Kier molecular flexibility index (Phi) is 2.02. The molecule has 0 saturated carbocycles. The Labute approximate surface area is 95.6 Å². The number of pyridine rings is 1. The number of nitrogens with zero attached hydrogens (tertiary/aromatic N) is 1. The van der Waals surface area contributed by atoms with Crippen molar-refractivity contribution in [1.82, 2.24) is 4.98 Å². The molecule has 0 saturated heterocycles. The van der Waals surface area contributed by atoms with Crippen molar-refractivity contribution in [1.29, 1.82) is 0 Å². The van der Waals surface area contributed by atoms with Crippen LogP contribution in [0.3, 0.4) is 0 Å². The first-order valence-corrected chi connectivity index (χ1v) is 5.59. The minimum Gasteiger partial charge on any atom is -0.489 e. The lowest BCUT2D eigenvalue weighted by Crippen LogP contribution is -2.18. The van der Waals surface area contributed by atoms with Crippen molar-refractivity contribution in [2.24, 2.45) is 0 Å². The van der Waals surface area contributed by atoms with Crippen LogP contribution in [0.25, 0.3) is 10.9 Å². The van der Waals surface area contributed by atoms with Crippen molar-refractivity contribution < 1.29 is 4.74 Å². The van der Waals surface area contributed by atoms with Crippen LogP contribution in [-0.2, 0) is 0 Å². The van der Waals surface area contributed by atoms with Crippen LogP contribution in [0.1, 0.15) is 0 Å². The van der Waals surface area contributed by atoms with Gasteiger partial charge in [-0.3, -0.25) is 4.98 Å². The largest absolute Gasteiger partial charge is 0.489 e. The number of aromatic nitrogens is 1. The molecule has 1 aliphatic rings. The van der Waals surface area contributed by atoms with E-state index in [2.05, 4.69) is 26.2 Å². The number of benzene rings is 1. The predicted molar refractivity (Wildman–Crippen MR) is 63.4 cm³/mol. The van der Waals surface area contributed by atoms with E-state index < -0.39 is 0 Å². The fraction of sp³-hybridized carbons (Fsp3) is 0.182. The van der Waals surface area contributed by atoms with Crippen LogP contribution in [-0.4, -0.2) is 18.1 Å². The van der Waals surface area contributed by atoms with Crippen molar-refractivity contribution in [3.63, 3.8) is 0 Å². The van der Waals surface area contributed by atoms with E-state index in [1.54, 1.807) is 0 Å². The monoisotopic (exact) mass is 264 g/mol. The minimum atomic E-state index is 0.707. The molecule has 76 valence electrons. The zero-order chi connectivity index (χ0) is 10.3. The van der Waals surface area contributed by atoms with Crippen LogP contribution in [0.5, 0.6) is 5.75 Å². The van der Waals surface area contributed by atoms with Crippen molar-refractivity contribution in [3.05, 3.63) is 28.9 Å². The molecule has 1 aromatic heterocycles. The summed E-state index contributed by atoms with van der Waals surface area (Å²) >= 11 is 3.46. The van der Waals surface area contributed by atoms with Crippen LogP contribution < -0.4 is 10.1 Å². The standard InChI is InChI=1S/C11H9BrN2O/c12-7-1-2-9-8(5-7)11-10(6-14-9)13-3-4-15-11/h1-2,5-6,13H,3-4H2. The molecule has 15 heavy (non-hydrogen) atoms. The average Bonchev–Trinajstić information content (AvgIpc) is 2.29. The van der Waals surface area contributed by atoms with Crippen LogP contribution in [0.15, 0.2) is 28.9 Å². The molecule has 1 aliphatic heterocycles. The Morgan fingerprint density at radius 2 is 2.33 bits per heavy atom. The third-order valence-electron chi connectivity index (χ3n) is 2.44. The number of anilines is 1. The molecule has 2 aromatic rings. The molecule has 3 rings (SSSR count). The summed E-state index contributed by atoms with van der Waals surface area (Å²) in [6.45, 7) is 1.55. The fourth-order valence-corrected chi connectivity index (χ4v) is 2.12. The maximum atomic E-state index is 5.67. The van der Waals surface area contributed by atoms with Gasteiger partial charge in [0, 0.05) is 16.4 Å². The fourth-order valence-electron chi connectivity index (χ4n) is 1.76. The zero-order valence-electron chi connectivity index (χ0n) is 7.96. The predicted octanol–water partition coefficient (Wildman–Crippen LogP) is 2.80. The zero-order valence-corrected chi connectivity index (χ0v) is 9.54. The lowest BCUT2D eigenvalue weighted by atomic mass is 10.2. The molecule has 1 aromatic carbocycles. The summed E-state index contributed by atoms with van der Waals surface area (Å²) in [4.78, 5) is 4.37. The van der Waals surface area contributed by atoms with Gasteiger partial charge in [-0.05, 0) is 18.2 Å². The third kappa shape index (κ3) is 1.45. The van der Waals surface area contributed by atoms with Gasteiger partial charge >= 0.3 is 0 Å². The summed E-state index contributed by atoms with van der Waals surface area (Å²) in [5, 5.41) is 4.32. The summed E-state index contributed by atoms with van der Waals surface area (Å²) in [5.74, 6) is 0.910. The lowest BCUT2D eigenvalue weighted by Gasteiger charge is -2.20. The molecule has 0 radical (unpaired) electrons. The molecule has 3 nitrogen and oxygen atoms in total. The molecule has 2 heterocycles. The van der Waals surface area contributed by atoms with Crippen molar-refractivity contribution in [2.75, 3.05) is 18.5 Å². The molecule has 4 heteroatoms. The van der Waals surface area contributed by atoms with Crippen LogP contribution in [0.4, 0.5) is 5.69 Å². The van der Waals surface area contributed by atoms with Crippen LogP contribution in [0.2, 0.25) is 0 Å². The highest BCUT2D eigenvalue weighted by Gasteiger charge is 2.13. The van der Waals surface area contributed by atoms with E-state index in [9.17, 15) is 0 Å². The van der Waals surface area contributed by atoms with E-state index in [0.29, 0.717) is 6.61 Å². The average molecular weight is 265 g/mol. The minimum absolute atomic E-state index is 0.707. The summed E-state index contributed by atoms with van der Waals surface area (Å²) < 4.78 is 6.71. The molecule has 0 amide bonds. The number of rotatable bonds is 0. The Balaban J connectivity index is 2.34. The van der Waals surface area contributed by atoms with E-state index in [4.69, 9.17) is 4.74 Å². The summed E-state index contributed by atoms with van der Waals surface area (Å²) in [6.07, 6.45) is 1.82. The highest BCUT2D eigenvalue weighted by atomic mass is 79.9. The van der Waals surface area contributed by atoms with E-state index in [-0.39, 0.29) is 0 Å². The van der Waals surface area contributed by atoms with Gasteiger partial charge in [0.2, 0.25) is 0 Å². The molecular formula is C11H9BrN2O. The van der Waals surface area contributed by atoms with Crippen LogP contribution >= 0.6 is 15.9 Å². The third-order valence-corrected chi connectivity index (χ3v) is 2.94. The molecule has 0 unspecified atom stereocenters. The second kappa shape index (κ2) is 3.38. The van der Waals surface area contributed by atoms with Gasteiger partial charge in [-0.2, -0.15) is 0 Å². The summed E-state index contributed by atoms with van der Waals surface area (Å²) in [6, 6.07) is 6.00. The van der Waals surface area contributed by atoms with Gasteiger partial charge in [-0.25, -0.2) is 0 Å². The Bertz CT molecular complexity index is 527. The van der Waals surface area contributed by atoms with Gasteiger partial charge in [-0.15, -0.1) is 0 Å². The van der Waals surface area contributed by atoms with Gasteiger partial charge in [0.05, 0.1) is 17.4 Å². The Morgan fingerprint density at radius 3 is 3.27 bits per heavy atom. The second-order valence-electron chi connectivity index (χ2n) is 3.44. The Morgan fingerprint density at radius 1 is 1.40 bits per heavy atom. The van der Waals surface area contributed by atoms with E-state index in [0.717, 1.165) is 33.4 Å². The topological polar surface area (TPSA) is 34.1 Å². The SMILES string of the molecule is Brc1ccc2ncc3c(c2c1)OCCN3. The maximum Gasteiger partial charge on any atom is 0.153 e. The van der Waals surface area contributed by atoms with Gasteiger partial charge in [0.25, 0.3) is 0 Å². The van der Waals surface area contributed by atoms with Gasteiger partial charge in [0.1, 0.15) is 6.61 Å². The molecule has 0 fully saturated rings. The second-order valence-corrected chi connectivity index (χ2v) is 4.35. The molecular weight excluding hydrogens is 256 g/mol. The maximum absolute atomic E-state index is 5.67. The van der Waals surface area contributed by atoms with Crippen molar-refractivity contribution >= 4 is 32.5 Å². The van der Waals surface area contributed by atoms with Gasteiger partial charge < -0.3 is 10.1 Å². The number of hydrogen-bond acceptors (Lipinski definition) is 3. The quantitative estimate of drug-likeness (QED) is 0.795. The van der Waals surface area contributed by atoms with E-state index in [1.165, 1.54) is 0 Å². The number of hydrogen-bond donors (Lipinski definition) is 1. The summed E-state index contributed by atoms with van der Waals surface area (Å²) in [7, 11) is 0. The number of nitrogens with one attached hydrogen (secondary N) is 1. The molecule has 0 bridgehead atoms. The smallest absolute Gasteiger partial charge is 0.153 e. The highest BCUT2D eigenvalue weighted by Crippen LogP contribution is 2.35. The number of halogens is 1.